The Morgan fingerprint density at radius 1 is 1.22 bits per heavy atom. The molecule has 0 saturated heterocycles. The lowest BCUT2D eigenvalue weighted by Gasteiger charge is -2.06. The summed E-state index contributed by atoms with van der Waals surface area (Å²) in [4.78, 5) is 38.6. The number of thiophene rings is 1. The Morgan fingerprint density at radius 3 is 2.70 bits per heavy atom. The molecule has 118 valence electrons. The van der Waals surface area contributed by atoms with Crippen molar-refractivity contribution >= 4 is 33.1 Å². The molecule has 0 aliphatic heterocycles. The molecule has 1 aromatic carbocycles. The number of rotatable bonds is 4. The van der Waals surface area contributed by atoms with Crippen LogP contribution in [0.25, 0.3) is 10.2 Å². The Hall–Kier alpha value is -2.74. The molecule has 2 N–H and O–H groups in total. The molecular weight excluding hydrogens is 321 g/mol. The van der Waals surface area contributed by atoms with Crippen molar-refractivity contribution in [1.29, 1.82) is 0 Å². The standard InChI is InChI=1S/C15H12FN3O3S/c16-9-1-3-10(4-2-9)17-12(20)5-7-19-14(21)13-11(6-8-23-13)18-15(19)22/h1-4,6,8H,5,7H2,(H,17,20)(H,18,22). The van der Waals surface area contributed by atoms with Crippen molar-refractivity contribution in [3.63, 3.8) is 0 Å². The highest BCUT2D eigenvalue weighted by Crippen LogP contribution is 2.12. The molecule has 2 heterocycles. The zero-order chi connectivity index (χ0) is 16.4. The molecule has 0 spiro atoms. The Labute approximate surface area is 133 Å². The van der Waals surface area contributed by atoms with Crippen LogP contribution in [-0.4, -0.2) is 15.5 Å². The summed E-state index contributed by atoms with van der Waals surface area (Å²) < 4.78 is 14.2. The summed E-state index contributed by atoms with van der Waals surface area (Å²) in [6.07, 6.45) is -0.0444. The fraction of sp³-hybridized carbons (Fsp3) is 0.133. The number of halogens is 1. The summed E-state index contributed by atoms with van der Waals surface area (Å²) in [6, 6.07) is 6.99. The van der Waals surface area contributed by atoms with Crippen LogP contribution < -0.4 is 16.6 Å². The minimum atomic E-state index is -0.546. The highest BCUT2D eigenvalue weighted by Gasteiger charge is 2.10. The second-order valence-corrected chi connectivity index (χ2v) is 5.77. The maximum atomic E-state index is 12.8. The lowest BCUT2D eigenvalue weighted by atomic mass is 10.3. The number of anilines is 1. The molecule has 0 saturated carbocycles. The van der Waals surface area contributed by atoms with Crippen LogP contribution in [-0.2, 0) is 11.3 Å². The van der Waals surface area contributed by atoms with Gasteiger partial charge < -0.3 is 10.3 Å². The van der Waals surface area contributed by atoms with E-state index in [2.05, 4.69) is 10.3 Å². The topological polar surface area (TPSA) is 84.0 Å². The third kappa shape index (κ3) is 3.21. The van der Waals surface area contributed by atoms with Crippen LogP contribution in [0.3, 0.4) is 0 Å². The summed E-state index contributed by atoms with van der Waals surface area (Å²) in [5.74, 6) is -0.764. The number of nitrogens with one attached hydrogen (secondary N) is 2. The van der Waals surface area contributed by atoms with Gasteiger partial charge in [0.2, 0.25) is 5.91 Å². The molecule has 2 aromatic heterocycles. The van der Waals surface area contributed by atoms with Gasteiger partial charge in [-0.05, 0) is 35.7 Å². The third-order valence-electron chi connectivity index (χ3n) is 3.28. The number of fused-ring (bicyclic) bond motifs is 1. The fourth-order valence-electron chi connectivity index (χ4n) is 2.14. The Bertz CT molecular complexity index is 972. The minimum Gasteiger partial charge on any atom is -0.326 e. The van der Waals surface area contributed by atoms with E-state index >= 15 is 0 Å². The number of benzene rings is 1. The Balaban J connectivity index is 1.73. The Kier molecular flexibility index (Phi) is 4.07. The van der Waals surface area contributed by atoms with Crippen LogP contribution in [0, 0.1) is 5.82 Å². The molecule has 0 fully saturated rings. The average molecular weight is 333 g/mol. The zero-order valence-corrected chi connectivity index (χ0v) is 12.7. The van der Waals surface area contributed by atoms with Crippen LogP contribution in [0.15, 0.2) is 45.3 Å². The molecule has 6 nitrogen and oxygen atoms in total. The van der Waals surface area contributed by atoms with Gasteiger partial charge in [0.1, 0.15) is 10.5 Å². The average Bonchev–Trinajstić information content (AvgIpc) is 2.98. The molecule has 0 aliphatic carbocycles. The molecule has 0 atom stereocenters. The summed E-state index contributed by atoms with van der Waals surface area (Å²) in [7, 11) is 0. The molecule has 8 heteroatoms. The van der Waals surface area contributed by atoms with E-state index < -0.39 is 17.1 Å². The first kappa shape index (κ1) is 15.2. The van der Waals surface area contributed by atoms with Crippen molar-refractivity contribution in [1.82, 2.24) is 9.55 Å². The number of amides is 1. The molecule has 3 rings (SSSR count). The lowest BCUT2D eigenvalue weighted by molar-refractivity contribution is -0.116. The van der Waals surface area contributed by atoms with Crippen molar-refractivity contribution in [2.45, 2.75) is 13.0 Å². The first-order valence-electron chi connectivity index (χ1n) is 6.80. The Morgan fingerprint density at radius 2 is 1.96 bits per heavy atom. The van der Waals surface area contributed by atoms with Gasteiger partial charge in [-0.1, -0.05) is 0 Å². The predicted octanol–water partition coefficient (Wildman–Crippen LogP) is 1.92. The number of aromatic amines is 1. The summed E-state index contributed by atoms with van der Waals surface area (Å²) in [6.45, 7) is -0.0327. The van der Waals surface area contributed by atoms with Gasteiger partial charge in [-0.2, -0.15) is 0 Å². The number of H-pyrrole nitrogens is 1. The third-order valence-corrected chi connectivity index (χ3v) is 4.18. The molecule has 3 aromatic rings. The van der Waals surface area contributed by atoms with E-state index in [1.54, 1.807) is 11.4 Å². The maximum absolute atomic E-state index is 12.8. The van der Waals surface area contributed by atoms with Crippen LogP contribution in [0.2, 0.25) is 0 Å². The van der Waals surface area contributed by atoms with Crippen LogP contribution >= 0.6 is 11.3 Å². The van der Waals surface area contributed by atoms with Crippen LogP contribution in [0.1, 0.15) is 6.42 Å². The molecular formula is C15H12FN3O3S. The lowest BCUT2D eigenvalue weighted by Crippen LogP contribution is -2.35. The molecule has 0 aliphatic rings. The van der Waals surface area contributed by atoms with Gasteiger partial charge in [-0.25, -0.2) is 9.18 Å². The molecule has 23 heavy (non-hydrogen) atoms. The summed E-state index contributed by atoms with van der Waals surface area (Å²) in [5, 5.41) is 4.30. The normalized spacial score (nSPS) is 10.8. The number of nitrogens with zero attached hydrogens (tertiary/aromatic N) is 1. The van der Waals surface area contributed by atoms with E-state index in [9.17, 15) is 18.8 Å². The SMILES string of the molecule is O=C(CCn1c(=O)[nH]c2ccsc2c1=O)Nc1ccc(F)cc1. The van der Waals surface area contributed by atoms with Gasteiger partial charge >= 0.3 is 5.69 Å². The van der Waals surface area contributed by atoms with E-state index in [-0.39, 0.29) is 18.9 Å². The predicted molar refractivity (Wildman–Crippen MR) is 86.4 cm³/mol. The van der Waals surface area contributed by atoms with E-state index in [0.29, 0.717) is 15.9 Å². The highest BCUT2D eigenvalue weighted by atomic mass is 32.1. The van der Waals surface area contributed by atoms with Gasteiger partial charge in [0.15, 0.2) is 0 Å². The number of aromatic nitrogens is 2. The van der Waals surface area contributed by atoms with Crippen molar-refractivity contribution in [2.75, 3.05) is 5.32 Å². The molecule has 0 radical (unpaired) electrons. The number of hydrogen-bond donors (Lipinski definition) is 2. The molecule has 1 amide bonds. The monoisotopic (exact) mass is 333 g/mol. The van der Waals surface area contributed by atoms with Gasteiger partial charge in [0.05, 0.1) is 5.52 Å². The van der Waals surface area contributed by atoms with Crippen molar-refractivity contribution < 1.29 is 9.18 Å². The summed E-state index contributed by atoms with van der Waals surface area (Å²) >= 11 is 1.24. The number of hydrogen-bond acceptors (Lipinski definition) is 4. The fourth-order valence-corrected chi connectivity index (χ4v) is 2.94. The smallest absolute Gasteiger partial charge is 0.326 e. The minimum absolute atomic E-state index is 0.0327. The van der Waals surface area contributed by atoms with E-state index in [4.69, 9.17) is 0 Å². The van der Waals surface area contributed by atoms with Gasteiger partial charge in [-0.3, -0.25) is 14.2 Å². The molecule has 0 bridgehead atoms. The second-order valence-electron chi connectivity index (χ2n) is 4.86. The quantitative estimate of drug-likeness (QED) is 0.765. The van der Waals surface area contributed by atoms with Crippen molar-refractivity contribution in [3.8, 4) is 0 Å². The van der Waals surface area contributed by atoms with Gasteiger partial charge in [-0.15, -0.1) is 11.3 Å². The van der Waals surface area contributed by atoms with E-state index in [0.717, 1.165) is 4.57 Å². The summed E-state index contributed by atoms with van der Waals surface area (Å²) in [5.41, 5.74) is -0.00723. The number of carbonyl (C=O) groups is 1. The first-order chi connectivity index (χ1) is 11.0. The van der Waals surface area contributed by atoms with Crippen LogP contribution in [0.4, 0.5) is 10.1 Å². The van der Waals surface area contributed by atoms with E-state index in [1.807, 2.05) is 0 Å². The molecule has 0 unspecified atom stereocenters. The zero-order valence-electron chi connectivity index (χ0n) is 11.8. The van der Waals surface area contributed by atoms with Crippen LogP contribution in [0.5, 0.6) is 0 Å². The highest BCUT2D eigenvalue weighted by molar-refractivity contribution is 7.17. The largest absolute Gasteiger partial charge is 0.328 e. The van der Waals surface area contributed by atoms with Crippen molar-refractivity contribution in [3.05, 3.63) is 62.4 Å². The van der Waals surface area contributed by atoms with Crippen molar-refractivity contribution in [2.24, 2.45) is 0 Å². The number of carbonyl (C=O) groups excluding carboxylic acids is 1. The second kappa shape index (κ2) is 6.17. The van der Waals surface area contributed by atoms with Gasteiger partial charge in [0.25, 0.3) is 5.56 Å². The first-order valence-corrected chi connectivity index (χ1v) is 7.68. The maximum Gasteiger partial charge on any atom is 0.328 e. The van der Waals surface area contributed by atoms with Gasteiger partial charge in [0, 0.05) is 18.7 Å². The van der Waals surface area contributed by atoms with E-state index in [1.165, 1.54) is 35.6 Å².